The molecule has 20 heavy (non-hydrogen) atoms. The van der Waals surface area contributed by atoms with Crippen LogP contribution in [0.2, 0.25) is 0 Å². The molecule has 0 spiro atoms. The highest BCUT2D eigenvalue weighted by Crippen LogP contribution is 2.37. The molecule has 1 aromatic carbocycles. The molecule has 0 aromatic heterocycles. The van der Waals surface area contributed by atoms with Crippen LogP contribution in [0.5, 0.6) is 11.5 Å². The van der Waals surface area contributed by atoms with Gasteiger partial charge in [-0.05, 0) is 30.7 Å². The highest BCUT2D eigenvalue weighted by Gasteiger charge is 2.40. The molecule has 0 saturated heterocycles. The lowest BCUT2D eigenvalue weighted by Gasteiger charge is -2.22. The standard InChI is InChI=1S/C14H18F3NO2/c1-2-6-18-13(14(15,16)17)10-4-5-11-12(9-10)20-8-3-7-19-11/h4-5,9,13,18H,2-3,6-8H2,1H3. The number of halogens is 3. The lowest BCUT2D eigenvalue weighted by Crippen LogP contribution is -2.34. The van der Waals surface area contributed by atoms with Crippen molar-refractivity contribution < 1.29 is 22.6 Å². The molecule has 3 nitrogen and oxygen atoms in total. The van der Waals surface area contributed by atoms with E-state index < -0.39 is 12.2 Å². The highest BCUT2D eigenvalue weighted by molar-refractivity contribution is 5.44. The Hall–Kier alpha value is -1.43. The van der Waals surface area contributed by atoms with Crippen LogP contribution in [0, 0.1) is 0 Å². The molecule has 6 heteroatoms. The van der Waals surface area contributed by atoms with E-state index in [-0.39, 0.29) is 5.56 Å². The first-order chi connectivity index (χ1) is 9.52. The van der Waals surface area contributed by atoms with Gasteiger partial charge < -0.3 is 14.8 Å². The highest BCUT2D eigenvalue weighted by atomic mass is 19.4. The zero-order chi connectivity index (χ0) is 14.6. The first kappa shape index (κ1) is 15.0. The van der Waals surface area contributed by atoms with Gasteiger partial charge in [0, 0.05) is 6.42 Å². The van der Waals surface area contributed by atoms with Gasteiger partial charge in [0.05, 0.1) is 13.2 Å². The van der Waals surface area contributed by atoms with Crippen molar-refractivity contribution in [1.29, 1.82) is 0 Å². The summed E-state index contributed by atoms with van der Waals surface area (Å²) in [4.78, 5) is 0. The van der Waals surface area contributed by atoms with E-state index in [9.17, 15) is 13.2 Å². The summed E-state index contributed by atoms with van der Waals surface area (Å²) in [6.07, 6.45) is -2.98. The van der Waals surface area contributed by atoms with E-state index in [2.05, 4.69) is 5.32 Å². The average Bonchev–Trinajstić information content (AvgIpc) is 2.62. The van der Waals surface area contributed by atoms with Crippen LogP contribution >= 0.6 is 0 Å². The van der Waals surface area contributed by atoms with Crippen molar-refractivity contribution in [3.63, 3.8) is 0 Å². The number of alkyl halides is 3. The molecule has 1 aromatic rings. The predicted molar refractivity (Wildman–Crippen MR) is 69.1 cm³/mol. The smallest absolute Gasteiger partial charge is 0.407 e. The molecule has 1 aliphatic rings. The fraction of sp³-hybridized carbons (Fsp3) is 0.571. The zero-order valence-electron chi connectivity index (χ0n) is 11.3. The van der Waals surface area contributed by atoms with Crippen molar-refractivity contribution in [2.75, 3.05) is 19.8 Å². The van der Waals surface area contributed by atoms with Crippen molar-refractivity contribution in [2.24, 2.45) is 0 Å². The maximum atomic E-state index is 13.1. The molecule has 1 atom stereocenters. The van der Waals surface area contributed by atoms with Crippen LogP contribution in [-0.2, 0) is 0 Å². The number of benzene rings is 1. The number of fused-ring (bicyclic) bond motifs is 1. The third kappa shape index (κ3) is 3.56. The minimum absolute atomic E-state index is 0.148. The number of nitrogens with one attached hydrogen (secondary N) is 1. The van der Waals surface area contributed by atoms with E-state index in [0.29, 0.717) is 37.7 Å². The Kier molecular flexibility index (Phi) is 4.75. The molecule has 0 bridgehead atoms. The van der Waals surface area contributed by atoms with Crippen molar-refractivity contribution in [3.8, 4) is 11.5 Å². The van der Waals surface area contributed by atoms with Crippen LogP contribution in [0.3, 0.4) is 0 Å². The second-order valence-corrected chi connectivity index (χ2v) is 4.69. The van der Waals surface area contributed by atoms with Gasteiger partial charge in [-0.2, -0.15) is 13.2 Å². The fourth-order valence-electron chi connectivity index (χ4n) is 2.07. The van der Waals surface area contributed by atoms with Crippen LogP contribution in [-0.4, -0.2) is 25.9 Å². The number of hydrogen-bond donors (Lipinski definition) is 1. The Labute approximate surface area is 116 Å². The van der Waals surface area contributed by atoms with E-state index in [1.54, 1.807) is 6.07 Å². The molecule has 0 radical (unpaired) electrons. The van der Waals surface area contributed by atoms with Gasteiger partial charge in [-0.3, -0.25) is 0 Å². The number of ether oxygens (including phenoxy) is 2. The Morgan fingerprint density at radius 2 is 1.90 bits per heavy atom. The lowest BCUT2D eigenvalue weighted by atomic mass is 10.1. The Balaban J connectivity index is 2.27. The van der Waals surface area contributed by atoms with E-state index in [1.807, 2.05) is 6.92 Å². The summed E-state index contributed by atoms with van der Waals surface area (Å²) >= 11 is 0. The van der Waals surface area contributed by atoms with Gasteiger partial charge >= 0.3 is 6.18 Å². The lowest BCUT2D eigenvalue weighted by molar-refractivity contribution is -0.157. The second-order valence-electron chi connectivity index (χ2n) is 4.69. The third-order valence-corrected chi connectivity index (χ3v) is 3.03. The normalized spacial score (nSPS) is 16.6. The minimum atomic E-state index is -4.34. The Morgan fingerprint density at radius 1 is 1.20 bits per heavy atom. The molecular weight excluding hydrogens is 271 g/mol. The van der Waals surface area contributed by atoms with E-state index in [0.717, 1.165) is 6.42 Å². The summed E-state index contributed by atoms with van der Waals surface area (Å²) in [6.45, 7) is 3.10. The molecule has 1 aliphatic heterocycles. The summed E-state index contributed by atoms with van der Waals surface area (Å²) in [6, 6.07) is 2.72. The van der Waals surface area contributed by atoms with Crippen molar-refractivity contribution >= 4 is 0 Å². The molecule has 0 saturated carbocycles. The largest absolute Gasteiger partial charge is 0.490 e. The molecule has 1 heterocycles. The summed E-state index contributed by atoms with van der Waals surface area (Å²) in [7, 11) is 0. The van der Waals surface area contributed by atoms with Gasteiger partial charge in [0.1, 0.15) is 6.04 Å². The molecular formula is C14H18F3NO2. The molecule has 0 amide bonds. The predicted octanol–water partition coefficient (Wildman–Crippen LogP) is 3.45. The molecule has 1 N–H and O–H groups in total. The Morgan fingerprint density at radius 3 is 2.55 bits per heavy atom. The third-order valence-electron chi connectivity index (χ3n) is 3.03. The molecule has 0 fully saturated rings. The van der Waals surface area contributed by atoms with E-state index >= 15 is 0 Å². The van der Waals surface area contributed by atoms with Crippen LogP contribution in [0.1, 0.15) is 31.4 Å². The first-order valence-corrected chi connectivity index (χ1v) is 6.72. The van der Waals surface area contributed by atoms with Gasteiger partial charge in [0.2, 0.25) is 0 Å². The Bertz CT molecular complexity index is 449. The van der Waals surface area contributed by atoms with Gasteiger partial charge in [0.15, 0.2) is 11.5 Å². The van der Waals surface area contributed by atoms with Crippen molar-refractivity contribution in [2.45, 2.75) is 32.0 Å². The van der Waals surface area contributed by atoms with E-state index in [1.165, 1.54) is 12.1 Å². The van der Waals surface area contributed by atoms with Crippen LogP contribution in [0.4, 0.5) is 13.2 Å². The maximum absolute atomic E-state index is 13.1. The second kappa shape index (κ2) is 6.35. The summed E-state index contributed by atoms with van der Waals surface area (Å²) in [5.74, 6) is 0.884. The topological polar surface area (TPSA) is 30.5 Å². The van der Waals surface area contributed by atoms with Crippen LogP contribution in [0.15, 0.2) is 18.2 Å². The molecule has 0 aliphatic carbocycles. The summed E-state index contributed by atoms with van der Waals surface area (Å²) in [5, 5.41) is 2.53. The van der Waals surface area contributed by atoms with Crippen LogP contribution in [0.25, 0.3) is 0 Å². The fourth-order valence-corrected chi connectivity index (χ4v) is 2.07. The van der Waals surface area contributed by atoms with Gasteiger partial charge in [-0.1, -0.05) is 13.0 Å². The molecule has 112 valence electrons. The molecule has 1 unspecified atom stereocenters. The molecule has 2 rings (SSSR count). The van der Waals surface area contributed by atoms with Gasteiger partial charge in [-0.15, -0.1) is 0 Å². The number of rotatable bonds is 4. The van der Waals surface area contributed by atoms with Gasteiger partial charge in [0.25, 0.3) is 0 Å². The maximum Gasteiger partial charge on any atom is 0.407 e. The quantitative estimate of drug-likeness (QED) is 0.921. The minimum Gasteiger partial charge on any atom is -0.490 e. The number of hydrogen-bond acceptors (Lipinski definition) is 3. The average molecular weight is 289 g/mol. The van der Waals surface area contributed by atoms with Crippen LogP contribution < -0.4 is 14.8 Å². The zero-order valence-corrected chi connectivity index (χ0v) is 11.3. The summed E-state index contributed by atoms with van der Waals surface area (Å²) < 4.78 is 50.2. The van der Waals surface area contributed by atoms with Crippen molar-refractivity contribution in [1.82, 2.24) is 5.32 Å². The monoisotopic (exact) mass is 289 g/mol. The van der Waals surface area contributed by atoms with Gasteiger partial charge in [-0.25, -0.2) is 0 Å². The van der Waals surface area contributed by atoms with E-state index in [4.69, 9.17) is 9.47 Å². The van der Waals surface area contributed by atoms with Crippen molar-refractivity contribution in [3.05, 3.63) is 23.8 Å². The summed E-state index contributed by atoms with van der Waals surface area (Å²) in [5.41, 5.74) is 0.148. The first-order valence-electron chi connectivity index (χ1n) is 6.72. The SMILES string of the molecule is CCCNC(c1ccc2c(c1)OCCCO2)C(F)(F)F.